The van der Waals surface area contributed by atoms with Crippen molar-refractivity contribution in [3.05, 3.63) is 403 Å². The summed E-state index contributed by atoms with van der Waals surface area (Å²) < 4.78 is 5.15. The summed E-state index contributed by atoms with van der Waals surface area (Å²) in [6.07, 6.45) is 0. The molecule has 4 heterocycles. The molecule has 5 heteroatoms. The zero-order chi connectivity index (χ0) is 87.0. The highest BCUT2D eigenvalue weighted by molar-refractivity contribution is 7.00. The lowest BCUT2D eigenvalue weighted by atomic mass is 9.33. The van der Waals surface area contributed by atoms with Gasteiger partial charge in [-0.15, -0.1) is 0 Å². The Morgan fingerprint density at radius 1 is 0.220 bits per heavy atom. The van der Waals surface area contributed by atoms with E-state index in [0.29, 0.717) is 23.7 Å². The molecule has 0 saturated heterocycles. The number of nitrogens with zero attached hydrogens (tertiary/aromatic N) is 4. The molecule has 17 aromatic carbocycles. The number of anilines is 6. The monoisotopic (exact) mass is 1640 g/mol. The Bertz CT molecular complexity index is 6960. The standard InChI is InChI=1S/C122H107BN4/c1-76(2)84-50-58-110-104(66-84)105-67-85(77(3)4)51-59-111(105)124(110)98-54-56-108-116(74-98)126(119-100(82-36-23-17-24-37-82)70-96(121(9,10)11)72-102(119)94-46-29-44-92(64-94)90-42-27-40-88(62-90)80-32-19-15-20-33-80)114-48-31-49-115-118(114)123(108)109-57-55-99(125-112-60-52-86(78(5)6)68-106(112)107-69-87(79(7)8)53-61-113(107)125)75-117(109)127(115)120-101(83-38-25-18-26-39-83)71-97(122(12,13)14)73-103(120)95-47-30-45-93(65-95)91-43-28-41-89(63-91)81-34-21-16-22-35-81/h15-79H,1-14H3. The number of aromatic nitrogens is 2. The second-order valence-corrected chi connectivity index (χ2v) is 38.8. The van der Waals surface area contributed by atoms with Crippen molar-refractivity contribution in [1.82, 2.24) is 9.13 Å². The van der Waals surface area contributed by atoms with Crippen LogP contribution in [0.2, 0.25) is 0 Å². The lowest BCUT2D eigenvalue weighted by Gasteiger charge is -2.46. The van der Waals surface area contributed by atoms with Gasteiger partial charge in [0.05, 0.1) is 33.4 Å². The molecule has 0 atom stereocenters. The molecule has 0 N–H and O–H groups in total. The normalized spacial score (nSPS) is 12.7. The maximum atomic E-state index is 2.74. The average Bonchev–Trinajstić information content (AvgIpc) is 1.02. The highest BCUT2D eigenvalue weighted by Crippen LogP contribution is 2.56. The van der Waals surface area contributed by atoms with Crippen molar-refractivity contribution in [3.8, 4) is 100 Å². The Balaban J connectivity index is 0.902. The molecular weight excluding hydrogens is 1530 g/mol. The van der Waals surface area contributed by atoms with Gasteiger partial charge >= 0.3 is 0 Å². The molecule has 618 valence electrons. The molecule has 4 nitrogen and oxygen atoms in total. The average molecular weight is 1640 g/mol. The summed E-state index contributed by atoms with van der Waals surface area (Å²) in [4.78, 5) is 5.48. The molecule has 127 heavy (non-hydrogen) atoms. The highest BCUT2D eigenvalue weighted by atomic mass is 15.2. The van der Waals surface area contributed by atoms with Crippen LogP contribution in [0.25, 0.3) is 144 Å². The largest absolute Gasteiger partial charge is 0.310 e. The predicted molar refractivity (Wildman–Crippen MR) is 546 cm³/mol. The van der Waals surface area contributed by atoms with E-state index in [0.717, 1.165) is 112 Å². The lowest BCUT2D eigenvalue weighted by molar-refractivity contribution is 0.590. The van der Waals surface area contributed by atoms with E-state index in [9.17, 15) is 0 Å². The fraction of sp³-hybridized carbons (Fsp3) is 0.164. The molecule has 2 aliphatic heterocycles. The van der Waals surface area contributed by atoms with Gasteiger partial charge in [-0.2, -0.15) is 0 Å². The van der Waals surface area contributed by atoms with Crippen LogP contribution in [0.3, 0.4) is 0 Å². The summed E-state index contributed by atoms with van der Waals surface area (Å²) in [7, 11) is 0. The first kappa shape index (κ1) is 80.1. The Hall–Kier alpha value is -14.0. The van der Waals surface area contributed by atoms with Gasteiger partial charge in [0.25, 0.3) is 6.71 Å². The molecule has 0 saturated carbocycles. The third-order valence-corrected chi connectivity index (χ3v) is 27.3. The van der Waals surface area contributed by atoms with Crippen LogP contribution in [0.15, 0.2) is 370 Å². The fourth-order valence-electron chi connectivity index (χ4n) is 20.3. The molecular formula is C122H107BN4. The molecule has 19 aromatic rings. The van der Waals surface area contributed by atoms with E-state index in [1.807, 2.05) is 0 Å². The molecule has 0 bridgehead atoms. The van der Waals surface area contributed by atoms with Crippen LogP contribution in [0.1, 0.15) is 154 Å². The fourth-order valence-corrected chi connectivity index (χ4v) is 20.3. The first-order valence-corrected chi connectivity index (χ1v) is 45.7. The maximum absolute atomic E-state index is 2.74. The van der Waals surface area contributed by atoms with Gasteiger partial charge in [0, 0.05) is 77.9 Å². The van der Waals surface area contributed by atoms with Crippen molar-refractivity contribution in [2.75, 3.05) is 9.80 Å². The minimum atomic E-state index is -0.289. The lowest BCUT2D eigenvalue weighted by Crippen LogP contribution is -2.61. The van der Waals surface area contributed by atoms with E-state index in [2.05, 4.69) is 486 Å². The third-order valence-electron chi connectivity index (χ3n) is 27.3. The molecule has 2 aromatic heterocycles. The number of hydrogen-bond donors (Lipinski definition) is 0. The second kappa shape index (κ2) is 31.6. The van der Waals surface area contributed by atoms with Gasteiger partial charge in [-0.3, -0.25) is 0 Å². The SMILES string of the molecule is CC(C)c1ccc2c(c1)c1cc(C(C)C)ccc1n2-c1ccc2c(c1)N(c1c(-c3ccccc3)cc(C(C)(C)C)cc1-c1cccc(-c3cccc(-c4ccccc4)c3)c1)c1cccc3c1B2c1ccc(-n2c4ccc(C(C)C)cc4c4cc(C(C)C)ccc42)cc1N3c1c(-c2ccccc2)cc(C(C)(C)C)cc1-c1cccc(-c2cccc(-c3ccccc3)c2)c1. The number of fused-ring (bicyclic) bond motifs is 10. The van der Waals surface area contributed by atoms with Gasteiger partial charge in [-0.05, 0) is 284 Å². The second-order valence-electron chi connectivity index (χ2n) is 38.8. The summed E-state index contributed by atoms with van der Waals surface area (Å²) in [5.74, 6) is 1.38. The van der Waals surface area contributed by atoms with Gasteiger partial charge < -0.3 is 18.9 Å². The number of hydrogen-bond acceptors (Lipinski definition) is 2. The van der Waals surface area contributed by atoms with E-state index in [1.165, 1.54) is 116 Å². The molecule has 0 spiro atoms. The molecule has 2 aliphatic rings. The molecule has 21 rings (SSSR count). The number of benzene rings is 17. The van der Waals surface area contributed by atoms with Crippen molar-refractivity contribution in [1.29, 1.82) is 0 Å². The first-order valence-electron chi connectivity index (χ1n) is 45.7. The summed E-state index contributed by atoms with van der Waals surface area (Å²) in [6.45, 7) is 32.5. The van der Waals surface area contributed by atoms with Crippen molar-refractivity contribution < 1.29 is 0 Å². The predicted octanol–water partition coefficient (Wildman–Crippen LogP) is 32.4. The van der Waals surface area contributed by atoms with Gasteiger partial charge in [-0.1, -0.05) is 334 Å². The van der Waals surface area contributed by atoms with Crippen LogP contribution >= 0.6 is 0 Å². The summed E-state index contributed by atoms with van der Waals surface area (Å²) in [5.41, 5.74) is 43.1. The zero-order valence-corrected chi connectivity index (χ0v) is 75.4. The number of rotatable bonds is 16. The minimum absolute atomic E-state index is 0.261. The van der Waals surface area contributed by atoms with E-state index in [4.69, 9.17) is 0 Å². The summed E-state index contributed by atoms with van der Waals surface area (Å²) >= 11 is 0. The Labute approximate surface area is 749 Å². The van der Waals surface area contributed by atoms with Crippen LogP contribution in [0, 0.1) is 0 Å². The Morgan fingerprint density at radius 3 is 0.780 bits per heavy atom. The van der Waals surface area contributed by atoms with E-state index in [-0.39, 0.29) is 17.5 Å². The summed E-state index contributed by atoms with van der Waals surface area (Å²) in [5, 5.41) is 5.07. The topological polar surface area (TPSA) is 16.3 Å². The smallest absolute Gasteiger partial charge is 0.252 e. The van der Waals surface area contributed by atoms with Crippen LogP contribution < -0.4 is 26.2 Å². The van der Waals surface area contributed by atoms with E-state index >= 15 is 0 Å². The Morgan fingerprint density at radius 2 is 0.480 bits per heavy atom. The molecule has 0 amide bonds. The zero-order valence-electron chi connectivity index (χ0n) is 75.4. The van der Waals surface area contributed by atoms with Crippen molar-refractivity contribution in [3.63, 3.8) is 0 Å². The summed E-state index contributed by atoms with van der Waals surface area (Å²) in [6, 6.07) is 143. The Kier molecular flexibility index (Phi) is 19.9. The van der Waals surface area contributed by atoms with Gasteiger partial charge in [-0.25, -0.2) is 0 Å². The van der Waals surface area contributed by atoms with Crippen LogP contribution in [-0.2, 0) is 10.8 Å². The van der Waals surface area contributed by atoms with Crippen LogP contribution in [0.5, 0.6) is 0 Å². The van der Waals surface area contributed by atoms with Crippen molar-refractivity contribution in [2.45, 2.75) is 131 Å². The molecule has 0 aliphatic carbocycles. The van der Waals surface area contributed by atoms with Crippen molar-refractivity contribution in [2.24, 2.45) is 0 Å². The minimum Gasteiger partial charge on any atom is -0.310 e. The third kappa shape index (κ3) is 14.1. The highest BCUT2D eigenvalue weighted by Gasteiger charge is 2.46. The van der Waals surface area contributed by atoms with E-state index in [1.54, 1.807) is 0 Å². The van der Waals surface area contributed by atoms with Gasteiger partial charge in [0.15, 0.2) is 0 Å². The molecule has 0 radical (unpaired) electrons. The quantitative estimate of drug-likeness (QED) is 0.0897. The molecule has 0 unspecified atom stereocenters. The van der Waals surface area contributed by atoms with E-state index < -0.39 is 0 Å². The first-order chi connectivity index (χ1) is 61.5. The van der Waals surface area contributed by atoms with Crippen molar-refractivity contribution >= 4 is 101 Å². The van der Waals surface area contributed by atoms with Crippen LogP contribution in [0.4, 0.5) is 34.1 Å². The van der Waals surface area contributed by atoms with Crippen LogP contribution in [-0.4, -0.2) is 15.8 Å². The van der Waals surface area contributed by atoms with Gasteiger partial charge in [0.1, 0.15) is 0 Å². The molecule has 0 fully saturated rings. The maximum Gasteiger partial charge on any atom is 0.252 e. The van der Waals surface area contributed by atoms with Gasteiger partial charge in [0.2, 0.25) is 0 Å².